The maximum atomic E-state index is 10.8. The molecule has 9 nitrogen and oxygen atoms in total. The van der Waals surface area contributed by atoms with Gasteiger partial charge >= 0.3 is 17.7 Å². The Bertz CT molecular complexity index is 664. The second kappa shape index (κ2) is 9.02. The molecule has 0 aliphatic heterocycles. The summed E-state index contributed by atoms with van der Waals surface area (Å²) in [6.07, 6.45) is 1.28. The molecule has 0 bridgehead atoms. The van der Waals surface area contributed by atoms with Gasteiger partial charge in [-0.25, -0.2) is 4.79 Å². The second-order valence-electron chi connectivity index (χ2n) is 6.78. The summed E-state index contributed by atoms with van der Waals surface area (Å²) in [5.41, 5.74) is 5.16. The van der Waals surface area contributed by atoms with Gasteiger partial charge in [0.05, 0.1) is 18.0 Å². The molecule has 1 amide bonds. The van der Waals surface area contributed by atoms with Crippen molar-refractivity contribution < 1.29 is 29.1 Å². The van der Waals surface area contributed by atoms with Crippen LogP contribution < -0.4 is 10.5 Å². The van der Waals surface area contributed by atoms with Gasteiger partial charge in [0, 0.05) is 6.07 Å². The van der Waals surface area contributed by atoms with Crippen LogP contribution in [-0.2, 0) is 9.53 Å². The monoisotopic (exact) mass is 368 g/mol. The number of nitro benzene ring substituents is 1. The van der Waals surface area contributed by atoms with Crippen LogP contribution in [-0.4, -0.2) is 34.3 Å². The number of hydrogen-bond acceptors (Lipinski definition) is 6. The fourth-order valence-electron chi connectivity index (χ4n) is 2.02. The second-order valence-corrected chi connectivity index (χ2v) is 6.78. The number of nitrogens with zero attached hydrogens (tertiary/aromatic N) is 1. The number of hydrogen-bond donors (Lipinski definition) is 2. The number of primary amides is 1. The Morgan fingerprint density at radius 2 is 1.96 bits per heavy atom. The number of carbonyl (C=O) groups excluding carboxylic acids is 1. The number of amides is 1. The molecule has 2 rings (SSSR count). The van der Waals surface area contributed by atoms with Crippen LogP contribution in [0.3, 0.4) is 0 Å². The standard InChI is InChI=1S/C12H13NO5.C5H11NO2/c14-12(15)5-6-18-11-7-9(8-1-2-8)3-4-10(11)13(16)17;1-5(2,3)8-4(6)7/h3-4,7-8H,1-2,5-6H2,(H,14,15);1-3H3,(H2,6,7). The van der Waals surface area contributed by atoms with E-state index in [9.17, 15) is 19.7 Å². The van der Waals surface area contributed by atoms with Gasteiger partial charge < -0.3 is 20.3 Å². The van der Waals surface area contributed by atoms with Crippen molar-refractivity contribution in [1.29, 1.82) is 0 Å². The Morgan fingerprint density at radius 1 is 1.35 bits per heavy atom. The van der Waals surface area contributed by atoms with Gasteiger partial charge in [0.25, 0.3) is 0 Å². The SMILES string of the molecule is CC(C)(C)OC(N)=O.O=C(O)CCOc1cc(C2CC2)ccc1[N+](=O)[O-]. The van der Waals surface area contributed by atoms with Gasteiger partial charge in [-0.1, -0.05) is 6.07 Å². The summed E-state index contributed by atoms with van der Waals surface area (Å²) in [4.78, 5) is 30.7. The van der Waals surface area contributed by atoms with Gasteiger partial charge in [-0.3, -0.25) is 14.9 Å². The molecule has 0 spiro atoms. The largest absolute Gasteiger partial charge is 0.486 e. The third-order valence-electron chi connectivity index (χ3n) is 3.21. The molecule has 0 aromatic heterocycles. The van der Waals surface area contributed by atoms with Gasteiger partial charge in [-0.2, -0.15) is 0 Å². The van der Waals surface area contributed by atoms with Crippen molar-refractivity contribution in [2.24, 2.45) is 5.73 Å². The molecule has 1 aliphatic carbocycles. The van der Waals surface area contributed by atoms with Crippen LogP contribution >= 0.6 is 0 Å². The number of benzene rings is 1. The van der Waals surface area contributed by atoms with Crippen molar-refractivity contribution in [2.75, 3.05) is 6.61 Å². The van der Waals surface area contributed by atoms with E-state index in [2.05, 4.69) is 4.74 Å². The first kappa shape index (κ1) is 21.2. The van der Waals surface area contributed by atoms with Crippen molar-refractivity contribution in [3.05, 3.63) is 33.9 Å². The van der Waals surface area contributed by atoms with Crippen LogP contribution in [0.1, 0.15) is 51.5 Å². The molecular formula is C17H24N2O7. The lowest BCUT2D eigenvalue weighted by Crippen LogP contribution is -2.27. The number of nitrogens with two attached hydrogens (primary N) is 1. The molecule has 1 fully saturated rings. The molecule has 3 N–H and O–H groups in total. The number of carbonyl (C=O) groups is 2. The Morgan fingerprint density at radius 3 is 2.35 bits per heavy atom. The summed E-state index contributed by atoms with van der Waals surface area (Å²) in [6, 6.07) is 4.81. The third kappa shape index (κ3) is 8.32. The smallest absolute Gasteiger partial charge is 0.405 e. The Balaban J connectivity index is 0.000000359. The van der Waals surface area contributed by atoms with Crippen LogP contribution in [0.15, 0.2) is 18.2 Å². The van der Waals surface area contributed by atoms with Crippen LogP contribution in [0.4, 0.5) is 10.5 Å². The van der Waals surface area contributed by atoms with Gasteiger partial charge in [0.2, 0.25) is 0 Å². The summed E-state index contributed by atoms with van der Waals surface area (Å²) in [5, 5.41) is 19.3. The van der Waals surface area contributed by atoms with E-state index >= 15 is 0 Å². The van der Waals surface area contributed by atoms with Crippen LogP contribution in [0.25, 0.3) is 0 Å². The molecule has 1 aromatic rings. The van der Waals surface area contributed by atoms with E-state index in [0.29, 0.717) is 5.92 Å². The zero-order valence-electron chi connectivity index (χ0n) is 15.1. The minimum atomic E-state index is -0.990. The van der Waals surface area contributed by atoms with E-state index in [-0.39, 0.29) is 24.5 Å². The molecule has 0 radical (unpaired) electrons. The minimum absolute atomic E-state index is 0.0652. The zero-order valence-corrected chi connectivity index (χ0v) is 15.1. The van der Waals surface area contributed by atoms with E-state index in [4.69, 9.17) is 15.6 Å². The fourth-order valence-corrected chi connectivity index (χ4v) is 2.02. The number of rotatable bonds is 6. The van der Waals surface area contributed by atoms with E-state index in [1.165, 1.54) is 6.07 Å². The predicted octanol–water partition coefficient (Wildman–Crippen LogP) is 3.21. The summed E-state index contributed by atoms with van der Waals surface area (Å²) >= 11 is 0. The highest BCUT2D eigenvalue weighted by Gasteiger charge is 2.26. The van der Waals surface area contributed by atoms with Crippen molar-refractivity contribution in [3.63, 3.8) is 0 Å². The average molecular weight is 368 g/mol. The third-order valence-corrected chi connectivity index (χ3v) is 3.21. The summed E-state index contributed by atoms with van der Waals surface area (Å²) in [6.45, 7) is 5.22. The molecule has 0 atom stereocenters. The van der Waals surface area contributed by atoms with Crippen molar-refractivity contribution in [3.8, 4) is 5.75 Å². The lowest BCUT2D eigenvalue weighted by Gasteiger charge is -2.16. The minimum Gasteiger partial charge on any atom is -0.486 e. The molecule has 26 heavy (non-hydrogen) atoms. The molecule has 1 aliphatic rings. The van der Waals surface area contributed by atoms with Crippen molar-refractivity contribution >= 4 is 17.7 Å². The summed E-state index contributed by atoms with van der Waals surface area (Å²) < 4.78 is 9.78. The fraction of sp³-hybridized carbons (Fsp3) is 0.529. The van der Waals surface area contributed by atoms with Crippen LogP contribution in [0.5, 0.6) is 5.75 Å². The molecule has 0 heterocycles. The first-order chi connectivity index (χ1) is 12.0. The van der Waals surface area contributed by atoms with Gasteiger partial charge in [0.1, 0.15) is 5.60 Å². The maximum absolute atomic E-state index is 10.8. The van der Waals surface area contributed by atoms with Gasteiger partial charge in [0.15, 0.2) is 5.75 Å². The maximum Gasteiger partial charge on any atom is 0.405 e. The highest BCUT2D eigenvalue weighted by Crippen LogP contribution is 2.42. The van der Waals surface area contributed by atoms with Gasteiger partial charge in [-0.15, -0.1) is 0 Å². The predicted molar refractivity (Wildman–Crippen MR) is 93.2 cm³/mol. The van der Waals surface area contributed by atoms with Crippen molar-refractivity contribution in [1.82, 2.24) is 0 Å². The lowest BCUT2D eigenvalue weighted by atomic mass is 10.1. The first-order valence-corrected chi connectivity index (χ1v) is 8.11. The zero-order chi connectivity index (χ0) is 19.9. The molecular weight excluding hydrogens is 344 g/mol. The molecule has 0 saturated heterocycles. The highest BCUT2D eigenvalue weighted by atomic mass is 16.6. The van der Waals surface area contributed by atoms with Crippen LogP contribution in [0, 0.1) is 10.1 Å². The lowest BCUT2D eigenvalue weighted by molar-refractivity contribution is -0.385. The molecule has 1 aromatic carbocycles. The highest BCUT2D eigenvalue weighted by molar-refractivity contribution is 5.66. The van der Waals surface area contributed by atoms with Crippen molar-refractivity contribution in [2.45, 2.75) is 51.6 Å². The number of carboxylic acid groups (broad SMARTS) is 1. The van der Waals surface area contributed by atoms with E-state index in [0.717, 1.165) is 18.4 Å². The number of carboxylic acids is 1. The molecule has 1 saturated carbocycles. The normalized spacial score (nSPS) is 13.2. The molecule has 144 valence electrons. The van der Waals surface area contributed by atoms with E-state index < -0.39 is 22.6 Å². The Labute approximate surface area is 151 Å². The number of nitro groups is 1. The quantitative estimate of drug-likeness (QED) is 0.580. The topological polar surface area (TPSA) is 142 Å². The van der Waals surface area contributed by atoms with E-state index in [1.54, 1.807) is 32.9 Å². The number of aliphatic carboxylic acids is 1. The molecule has 9 heteroatoms. The van der Waals surface area contributed by atoms with E-state index in [1.807, 2.05) is 0 Å². The molecule has 0 unspecified atom stereocenters. The summed E-state index contributed by atoms with van der Waals surface area (Å²) in [7, 11) is 0. The Hall–Kier alpha value is -2.84. The summed E-state index contributed by atoms with van der Waals surface area (Å²) in [5.74, 6) is -0.366. The first-order valence-electron chi connectivity index (χ1n) is 8.11. The number of ether oxygens (including phenoxy) is 2. The van der Waals surface area contributed by atoms with Gasteiger partial charge in [-0.05, 0) is 51.2 Å². The average Bonchev–Trinajstić information content (AvgIpc) is 3.29. The Kier molecular flexibility index (Phi) is 7.36. The van der Waals surface area contributed by atoms with Crippen LogP contribution in [0.2, 0.25) is 0 Å².